The zero-order valence-electron chi connectivity index (χ0n) is 16.5. The number of halogens is 3. The number of ether oxygens (including phenoxy) is 1. The molecular weight excluding hydrogens is 446 g/mol. The van der Waals surface area contributed by atoms with Crippen LogP contribution in [0.5, 0.6) is 0 Å². The first-order valence-electron chi connectivity index (χ1n) is 9.60. The zero-order chi connectivity index (χ0) is 22.2. The number of carbonyl (C=O) groups excluding carboxylic acids is 2. The summed E-state index contributed by atoms with van der Waals surface area (Å²) in [5, 5.41) is 2.44. The van der Waals surface area contributed by atoms with Crippen molar-refractivity contribution < 1.29 is 23.1 Å². The normalized spacial score (nSPS) is 27.7. The first-order chi connectivity index (χ1) is 14.7. The standard InChI is InChI=1S/C22H19ClF2N2O3S/c1-21-10-17(18(23)28)30-11-22(21,15-8-7-14(24)9-16(15)25)27-20(31-12-21)26-19(29)13-5-3-2-4-6-13/h2-9,17H,10-12H2,1H3,(H,26,27,29)/t17-,21+,22-/m1/s1. The van der Waals surface area contributed by atoms with Gasteiger partial charge in [0.25, 0.3) is 11.1 Å². The minimum Gasteiger partial charge on any atom is -0.366 e. The Balaban J connectivity index is 1.77. The molecule has 0 saturated carbocycles. The van der Waals surface area contributed by atoms with E-state index in [0.29, 0.717) is 16.5 Å². The summed E-state index contributed by atoms with van der Waals surface area (Å²) in [6.45, 7) is 1.73. The molecule has 2 aliphatic heterocycles. The van der Waals surface area contributed by atoms with Gasteiger partial charge in [-0.25, -0.2) is 13.8 Å². The summed E-state index contributed by atoms with van der Waals surface area (Å²) in [6, 6.07) is 11.9. The molecule has 5 nitrogen and oxygen atoms in total. The van der Waals surface area contributed by atoms with Gasteiger partial charge in [0.15, 0.2) is 5.17 Å². The third-order valence-corrected chi connectivity index (χ3v) is 7.33. The molecule has 2 aromatic rings. The van der Waals surface area contributed by atoms with Crippen LogP contribution in [0.3, 0.4) is 0 Å². The van der Waals surface area contributed by atoms with Crippen molar-refractivity contribution in [1.29, 1.82) is 0 Å². The van der Waals surface area contributed by atoms with Gasteiger partial charge in [0.05, 0.1) is 6.61 Å². The summed E-state index contributed by atoms with van der Waals surface area (Å²) in [6.07, 6.45) is -0.637. The summed E-state index contributed by atoms with van der Waals surface area (Å²) in [4.78, 5) is 29.1. The number of hydrogen-bond donors (Lipinski definition) is 1. The summed E-state index contributed by atoms with van der Waals surface area (Å²) in [5.74, 6) is -1.41. The lowest BCUT2D eigenvalue weighted by molar-refractivity contribution is -0.138. The van der Waals surface area contributed by atoms with Crippen molar-refractivity contribution in [2.45, 2.75) is 25.0 Å². The van der Waals surface area contributed by atoms with E-state index in [1.54, 1.807) is 30.3 Å². The smallest absolute Gasteiger partial charge is 0.257 e. The summed E-state index contributed by atoms with van der Waals surface area (Å²) in [5.41, 5.74) is -1.40. The molecule has 0 aromatic heterocycles. The molecule has 2 aliphatic rings. The topological polar surface area (TPSA) is 67.8 Å². The fourth-order valence-corrected chi connectivity index (χ4v) is 5.41. The van der Waals surface area contributed by atoms with E-state index in [4.69, 9.17) is 21.3 Å². The van der Waals surface area contributed by atoms with Gasteiger partial charge in [-0.05, 0) is 36.2 Å². The van der Waals surface area contributed by atoms with Crippen LogP contribution in [0.2, 0.25) is 0 Å². The fraction of sp³-hybridized carbons (Fsp3) is 0.318. The number of aliphatic imine (C=N–C) groups is 1. The predicted octanol–water partition coefficient (Wildman–Crippen LogP) is 4.25. The highest BCUT2D eigenvalue weighted by Gasteiger charge is 2.58. The van der Waals surface area contributed by atoms with Crippen LogP contribution in [0.15, 0.2) is 53.5 Å². The average molecular weight is 465 g/mol. The molecule has 3 atom stereocenters. The second-order valence-corrected chi connectivity index (χ2v) is 9.22. The molecule has 1 fully saturated rings. The van der Waals surface area contributed by atoms with E-state index in [1.807, 2.05) is 6.92 Å². The van der Waals surface area contributed by atoms with Gasteiger partial charge < -0.3 is 10.1 Å². The van der Waals surface area contributed by atoms with Crippen molar-refractivity contribution in [3.8, 4) is 0 Å². The van der Waals surface area contributed by atoms with Crippen molar-refractivity contribution in [3.63, 3.8) is 0 Å². The maximum atomic E-state index is 14.9. The molecule has 2 heterocycles. The Labute approximate surface area is 187 Å². The number of amides is 1. The highest BCUT2D eigenvalue weighted by atomic mass is 35.5. The number of nitrogens with zero attached hydrogens (tertiary/aromatic N) is 1. The molecule has 0 radical (unpaired) electrons. The van der Waals surface area contributed by atoms with Crippen LogP contribution in [0.25, 0.3) is 0 Å². The first kappa shape index (κ1) is 21.9. The van der Waals surface area contributed by atoms with Gasteiger partial charge in [-0.3, -0.25) is 9.59 Å². The average Bonchev–Trinajstić information content (AvgIpc) is 2.74. The van der Waals surface area contributed by atoms with Gasteiger partial charge in [0, 0.05) is 28.4 Å². The maximum Gasteiger partial charge on any atom is 0.257 e. The Bertz CT molecular complexity index is 1070. The lowest BCUT2D eigenvalue weighted by atomic mass is 9.64. The van der Waals surface area contributed by atoms with Crippen molar-refractivity contribution >= 4 is 39.7 Å². The van der Waals surface area contributed by atoms with E-state index in [-0.39, 0.29) is 24.5 Å². The van der Waals surface area contributed by atoms with Crippen LogP contribution < -0.4 is 5.32 Å². The van der Waals surface area contributed by atoms with Gasteiger partial charge in [-0.15, -0.1) is 0 Å². The Hall–Kier alpha value is -2.29. The number of hydrogen-bond acceptors (Lipinski definition) is 5. The summed E-state index contributed by atoms with van der Waals surface area (Å²) in [7, 11) is 0. The summed E-state index contributed by atoms with van der Waals surface area (Å²) < 4.78 is 34.2. The van der Waals surface area contributed by atoms with Gasteiger partial charge in [-0.1, -0.05) is 43.0 Å². The van der Waals surface area contributed by atoms with E-state index < -0.39 is 33.9 Å². The molecule has 1 saturated heterocycles. The lowest BCUT2D eigenvalue weighted by Gasteiger charge is -2.53. The van der Waals surface area contributed by atoms with E-state index in [2.05, 4.69) is 5.32 Å². The van der Waals surface area contributed by atoms with Crippen molar-refractivity contribution in [3.05, 3.63) is 71.3 Å². The number of nitrogens with one attached hydrogen (secondary N) is 1. The molecule has 1 amide bonds. The quantitative estimate of drug-likeness (QED) is 0.689. The third-order valence-electron chi connectivity index (χ3n) is 5.83. The number of thioether (sulfide) groups is 1. The zero-order valence-corrected chi connectivity index (χ0v) is 18.1. The maximum absolute atomic E-state index is 14.9. The predicted molar refractivity (Wildman–Crippen MR) is 115 cm³/mol. The molecule has 2 aromatic carbocycles. The molecule has 0 spiro atoms. The Kier molecular flexibility index (Phi) is 5.89. The van der Waals surface area contributed by atoms with E-state index in [0.717, 1.165) is 12.1 Å². The Morgan fingerprint density at radius 1 is 1.23 bits per heavy atom. The molecule has 31 heavy (non-hydrogen) atoms. The number of benzene rings is 2. The van der Waals surface area contributed by atoms with Crippen LogP contribution in [0.4, 0.5) is 8.78 Å². The van der Waals surface area contributed by atoms with Gasteiger partial charge in [0.1, 0.15) is 23.3 Å². The molecule has 0 bridgehead atoms. The SMILES string of the molecule is C[C@]12CSC(NC(=O)c3ccccc3)=N[C@@]1(c1ccc(F)cc1F)CO[C@@H](C(=O)Cl)C2. The largest absolute Gasteiger partial charge is 0.366 e. The van der Waals surface area contributed by atoms with Crippen LogP contribution in [-0.4, -0.2) is 34.8 Å². The van der Waals surface area contributed by atoms with E-state index in [1.165, 1.54) is 17.8 Å². The molecule has 0 aliphatic carbocycles. The molecule has 0 unspecified atom stereocenters. The number of fused-ring (bicyclic) bond motifs is 1. The minimum atomic E-state index is -1.27. The second-order valence-electron chi connectivity index (χ2n) is 7.88. The molecule has 9 heteroatoms. The van der Waals surface area contributed by atoms with Gasteiger partial charge >= 0.3 is 0 Å². The van der Waals surface area contributed by atoms with Crippen molar-refractivity contribution in [2.75, 3.05) is 12.4 Å². The highest BCUT2D eigenvalue weighted by molar-refractivity contribution is 8.14. The molecular formula is C22H19ClF2N2O3S. The third kappa shape index (κ3) is 4.00. The van der Waals surface area contributed by atoms with Crippen LogP contribution >= 0.6 is 23.4 Å². The number of amidine groups is 1. The number of rotatable bonds is 3. The van der Waals surface area contributed by atoms with Gasteiger partial charge in [0.2, 0.25) is 0 Å². The van der Waals surface area contributed by atoms with Crippen LogP contribution in [0, 0.1) is 17.0 Å². The minimum absolute atomic E-state index is 0.138. The Morgan fingerprint density at radius 2 is 1.97 bits per heavy atom. The van der Waals surface area contributed by atoms with Crippen LogP contribution in [-0.2, 0) is 15.1 Å². The molecule has 4 rings (SSSR count). The van der Waals surface area contributed by atoms with E-state index >= 15 is 0 Å². The van der Waals surface area contributed by atoms with E-state index in [9.17, 15) is 18.4 Å². The molecule has 1 N–H and O–H groups in total. The summed E-state index contributed by atoms with van der Waals surface area (Å²) >= 11 is 6.97. The Morgan fingerprint density at radius 3 is 2.65 bits per heavy atom. The van der Waals surface area contributed by atoms with Crippen LogP contribution in [0.1, 0.15) is 29.3 Å². The van der Waals surface area contributed by atoms with Gasteiger partial charge in [-0.2, -0.15) is 0 Å². The van der Waals surface area contributed by atoms with Crippen molar-refractivity contribution in [2.24, 2.45) is 10.4 Å². The second kappa shape index (κ2) is 8.33. The fourth-order valence-electron chi connectivity index (χ4n) is 4.07. The lowest BCUT2D eigenvalue weighted by Crippen LogP contribution is -2.58. The number of carbonyl (C=O) groups is 2. The first-order valence-corrected chi connectivity index (χ1v) is 11.0. The molecule has 162 valence electrons. The highest BCUT2D eigenvalue weighted by Crippen LogP contribution is 2.55. The van der Waals surface area contributed by atoms with Crippen molar-refractivity contribution in [1.82, 2.24) is 5.32 Å². The monoisotopic (exact) mass is 464 g/mol.